The fourth-order valence-electron chi connectivity index (χ4n) is 4.38. The van der Waals surface area contributed by atoms with Crippen molar-refractivity contribution in [2.45, 2.75) is 19.4 Å². The average Bonchev–Trinajstić information content (AvgIpc) is 2.95. The zero-order valence-electron chi connectivity index (χ0n) is 19.2. The smallest absolute Gasteiger partial charge is 0.376 e. The fraction of sp³-hybridized carbons (Fsp3) is 0.478. The molecule has 0 bridgehead atoms. The Bertz CT molecular complexity index is 990. The van der Waals surface area contributed by atoms with E-state index in [9.17, 15) is 10.1 Å². The molecule has 2 aromatic rings. The normalized spacial score (nSPS) is 18.9. The molecule has 10 heteroatoms. The summed E-state index contributed by atoms with van der Waals surface area (Å²) < 4.78 is 28.0. The maximum atomic E-state index is 15.9. The van der Waals surface area contributed by atoms with Crippen molar-refractivity contribution in [3.05, 3.63) is 40.7 Å². The third kappa shape index (κ3) is 5.07. The number of benzene rings is 2. The summed E-state index contributed by atoms with van der Waals surface area (Å²) >= 11 is 6.34. The van der Waals surface area contributed by atoms with Gasteiger partial charge >= 0.3 is 7.05 Å². The van der Waals surface area contributed by atoms with Gasteiger partial charge in [-0.25, -0.2) is 4.39 Å². The van der Waals surface area contributed by atoms with Crippen LogP contribution < -0.4 is 9.47 Å². The number of fused-ring (bicyclic) bond motifs is 2. The van der Waals surface area contributed by atoms with Crippen LogP contribution in [0, 0.1) is 5.82 Å². The summed E-state index contributed by atoms with van der Waals surface area (Å²) in [6.45, 7) is 5.67. The molecule has 4 rings (SSSR count). The monoisotopic (exact) mass is 477 g/mol. The highest BCUT2D eigenvalue weighted by atomic mass is 35.5. The van der Waals surface area contributed by atoms with E-state index in [1.54, 1.807) is 25.0 Å². The van der Waals surface area contributed by atoms with Gasteiger partial charge in [-0.2, -0.15) is 0 Å². The van der Waals surface area contributed by atoms with Gasteiger partial charge in [0, 0.05) is 43.9 Å². The van der Waals surface area contributed by atoms with Gasteiger partial charge in [0.1, 0.15) is 24.7 Å². The number of phenols is 1. The first-order chi connectivity index (χ1) is 15.8. The van der Waals surface area contributed by atoms with E-state index in [4.69, 9.17) is 21.1 Å². The second kappa shape index (κ2) is 10.1. The first-order valence-electron chi connectivity index (χ1n) is 11.2. The first kappa shape index (κ1) is 24.1. The Balaban J connectivity index is 1.76. The molecule has 0 unspecified atom stereocenters. The number of likely N-dealkylation sites (N-methyl/N-ethyl adjacent to an activating group) is 1. The summed E-state index contributed by atoms with van der Waals surface area (Å²) in [5.74, 6) is -0.0364. The highest BCUT2D eigenvalue weighted by Crippen LogP contribution is 2.45. The zero-order valence-corrected chi connectivity index (χ0v) is 20.0. The lowest BCUT2D eigenvalue weighted by Crippen LogP contribution is -2.57. The van der Waals surface area contributed by atoms with E-state index in [0.29, 0.717) is 44.1 Å². The summed E-state index contributed by atoms with van der Waals surface area (Å²) in [5.41, 5.74) is 1.000. The van der Waals surface area contributed by atoms with Crippen molar-refractivity contribution in [3.8, 4) is 28.4 Å². The van der Waals surface area contributed by atoms with Gasteiger partial charge in [0.05, 0.1) is 16.6 Å². The van der Waals surface area contributed by atoms with Gasteiger partial charge in [-0.05, 0) is 39.1 Å². The third-order valence-electron chi connectivity index (χ3n) is 6.29. The summed E-state index contributed by atoms with van der Waals surface area (Å²) in [4.78, 5) is 6.24. The van der Waals surface area contributed by atoms with Crippen molar-refractivity contribution in [2.24, 2.45) is 0 Å². The first-order valence-corrected chi connectivity index (χ1v) is 11.5. The second-order valence-corrected chi connectivity index (χ2v) is 9.30. The maximum Gasteiger partial charge on any atom is 0.376 e. The Kier molecular flexibility index (Phi) is 7.35. The number of rotatable bonds is 6. The van der Waals surface area contributed by atoms with Gasteiger partial charge in [-0.3, -0.25) is 4.90 Å². The molecule has 2 heterocycles. The molecule has 2 aliphatic heterocycles. The number of phenolic OH excluding ortho intramolecular Hbond substituents is 1. The van der Waals surface area contributed by atoms with Gasteiger partial charge in [-0.15, -0.1) is 0 Å². The minimum atomic E-state index is -0.569. The van der Waals surface area contributed by atoms with Crippen LogP contribution in [0.2, 0.25) is 11.8 Å². The van der Waals surface area contributed by atoms with Crippen LogP contribution in [0.15, 0.2) is 24.3 Å². The van der Waals surface area contributed by atoms with Crippen LogP contribution in [-0.2, 0) is 6.54 Å². The van der Waals surface area contributed by atoms with Gasteiger partial charge in [-0.1, -0.05) is 17.7 Å². The minimum Gasteiger partial charge on any atom is -0.507 e. The molecule has 2 N–H and O–H groups in total. The Morgan fingerprint density at radius 3 is 2.82 bits per heavy atom. The maximum absolute atomic E-state index is 15.9. The molecular formula is C23H30BClFN3O4. The molecular weight excluding hydrogens is 448 g/mol. The van der Waals surface area contributed by atoms with Crippen molar-refractivity contribution in [1.29, 1.82) is 0 Å². The number of nitrogens with zero attached hydrogens (tertiary/aromatic N) is 3. The lowest BCUT2D eigenvalue weighted by atomic mass is 9.83. The molecule has 0 radical (unpaired) electrons. The van der Waals surface area contributed by atoms with E-state index < -0.39 is 12.9 Å². The third-order valence-corrected chi connectivity index (χ3v) is 6.60. The predicted octanol–water partition coefficient (Wildman–Crippen LogP) is 2.78. The van der Waals surface area contributed by atoms with Gasteiger partial charge in [0.15, 0.2) is 11.6 Å². The molecule has 0 spiro atoms. The summed E-state index contributed by atoms with van der Waals surface area (Å²) in [5, 5.41) is 20.7. The Hall–Kier alpha value is -2.04. The Morgan fingerprint density at radius 1 is 1.33 bits per heavy atom. The van der Waals surface area contributed by atoms with E-state index in [0.717, 1.165) is 6.54 Å². The molecule has 7 nitrogen and oxygen atoms in total. The van der Waals surface area contributed by atoms with Gasteiger partial charge in [0.2, 0.25) is 0 Å². The molecule has 33 heavy (non-hydrogen) atoms. The largest absolute Gasteiger partial charge is 0.507 e. The number of hydrogen-bond acceptors (Lipinski definition) is 7. The van der Waals surface area contributed by atoms with Crippen LogP contribution in [0.5, 0.6) is 17.2 Å². The van der Waals surface area contributed by atoms with Gasteiger partial charge < -0.3 is 29.3 Å². The molecule has 1 fully saturated rings. The molecule has 2 aromatic carbocycles. The van der Waals surface area contributed by atoms with Crippen LogP contribution in [0.4, 0.5) is 4.39 Å². The number of aromatic hydroxyl groups is 1. The average molecular weight is 478 g/mol. The highest BCUT2D eigenvalue weighted by molar-refractivity contribution is 6.45. The predicted molar refractivity (Wildman–Crippen MR) is 128 cm³/mol. The number of hydrogen-bond donors (Lipinski definition) is 2. The zero-order chi connectivity index (χ0) is 23.7. The van der Waals surface area contributed by atoms with Crippen molar-refractivity contribution in [3.63, 3.8) is 0 Å². The van der Waals surface area contributed by atoms with Crippen molar-refractivity contribution in [1.82, 2.24) is 14.6 Å². The summed E-state index contributed by atoms with van der Waals surface area (Å²) in [7, 11) is 3.36. The van der Waals surface area contributed by atoms with E-state index in [-0.39, 0.29) is 40.3 Å². The Labute approximate surface area is 199 Å². The molecule has 0 aliphatic carbocycles. The topological polar surface area (TPSA) is 68.6 Å². The summed E-state index contributed by atoms with van der Waals surface area (Å²) in [6.07, 6.45) is 0. The number of piperazine rings is 1. The number of halogens is 2. The lowest BCUT2D eigenvalue weighted by Gasteiger charge is -2.40. The molecule has 178 valence electrons. The molecule has 2 aliphatic rings. The van der Waals surface area contributed by atoms with Crippen LogP contribution in [0.1, 0.15) is 5.56 Å². The highest BCUT2D eigenvalue weighted by Gasteiger charge is 2.36. The quantitative estimate of drug-likeness (QED) is 0.620. The Morgan fingerprint density at radius 2 is 2.12 bits per heavy atom. The van der Waals surface area contributed by atoms with Crippen LogP contribution in [0.3, 0.4) is 0 Å². The molecule has 0 amide bonds. The minimum absolute atomic E-state index is 0.00643. The number of ether oxygens (including phenoxy) is 2. The van der Waals surface area contributed by atoms with Crippen LogP contribution in [0.25, 0.3) is 11.1 Å². The van der Waals surface area contributed by atoms with E-state index >= 15 is 4.39 Å². The van der Waals surface area contributed by atoms with E-state index in [2.05, 4.69) is 4.90 Å². The fourth-order valence-corrected chi connectivity index (χ4v) is 4.65. The van der Waals surface area contributed by atoms with Crippen molar-refractivity contribution in [2.75, 3.05) is 53.5 Å². The summed E-state index contributed by atoms with van der Waals surface area (Å²) in [6, 6.07) is 6.32. The molecule has 1 atom stereocenters. The second-order valence-electron chi connectivity index (χ2n) is 8.89. The van der Waals surface area contributed by atoms with Crippen molar-refractivity contribution < 1.29 is 24.0 Å². The van der Waals surface area contributed by atoms with Crippen LogP contribution in [-0.4, -0.2) is 91.3 Å². The van der Waals surface area contributed by atoms with Crippen molar-refractivity contribution >= 4 is 18.7 Å². The van der Waals surface area contributed by atoms with Crippen LogP contribution >= 0.6 is 11.6 Å². The van der Waals surface area contributed by atoms with E-state index in [1.165, 1.54) is 6.07 Å². The standard InChI is InChI=1S/C23H30BClFN3O4/c1-24(31)29-8-7-28-13-17-20(32-10-9-27(2)3)11-16(21-18(25)5-4-6-19(21)30)22(26)23(17)33-14-15(28)12-29/h4-6,11,15,30-31H,7-10,12-14H2,1-3H3/t15-/m1/s1. The lowest BCUT2D eigenvalue weighted by molar-refractivity contribution is 0.0777. The molecule has 1 saturated heterocycles. The van der Waals surface area contributed by atoms with E-state index in [1.807, 2.05) is 23.8 Å². The molecule has 0 aromatic heterocycles. The molecule has 0 saturated carbocycles. The van der Waals surface area contributed by atoms with Gasteiger partial charge in [0.25, 0.3) is 0 Å². The SMILES string of the molecule is CB(O)N1CCN2Cc3c(OCCN(C)C)cc(-c4c(O)cccc4Cl)c(F)c3OC[C@H]2C1.